The second-order valence-electron chi connectivity index (χ2n) is 8.72. The molecule has 3 atom stereocenters. The third kappa shape index (κ3) is 4.58. The summed E-state index contributed by atoms with van der Waals surface area (Å²) in [6.45, 7) is 4.38. The topological polar surface area (TPSA) is 119 Å². The first kappa shape index (κ1) is 24.0. The van der Waals surface area contributed by atoms with Crippen LogP contribution in [-0.2, 0) is 15.1 Å². The Bertz CT molecular complexity index is 1140. The lowest BCUT2D eigenvalue weighted by atomic mass is 9.86. The van der Waals surface area contributed by atoms with E-state index in [4.69, 9.17) is 31.8 Å². The van der Waals surface area contributed by atoms with Crippen molar-refractivity contribution in [2.45, 2.75) is 50.8 Å². The summed E-state index contributed by atoms with van der Waals surface area (Å²) in [6.07, 6.45) is 3.08. The maximum absolute atomic E-state index is 13.2. The Balaban J connectivity index is 1.62. The van der Waals surface area contributed by atoms with Crippen molar-refractivity contribution in [3.05, 3.63) is 52.8 Å². The van der Waals surface area contributed by atoms with E-state index < -0.39 is 11.4 Å². The highest BCUT2D eigenvalue weighted by Gasteiger charge is 2.42. The molecule has 4 rings (SSSR count). The quantitative estimate of drug-likeness (QED) is 0.670. The molecule has 180 valence electrons. The molecule has 2 aromatic rings. The maximum Gasteiger partial charge on any atom is 0.278 e. The van der Waals surface area contributed by atoms with Crippen LogP contribution in [0, 0.1) is 0 Å². The number of halogens is 1. The molecule has 3 N–H and O–H groups in total. The Labute approximate surface area is 203 Å². The summed E-state index contributed by atoms with van der Waals surface area (Å²) in [7, 11) is 1.47. The molecule has 0 bridgehead atoms. The molecule has 3 heterocycles. The summed E-state index contributed by atoms with van der Waals surface area (Å²) in [4.78, 5) is 36.5. The lowest BCUT2D eigenvalue weighted by molar-refractivity contribution is -0.133. The first-order valence-electron chi connectivity index (χ1n) is 11.1. The van der Waals surface area contributed by atoms with Crippen molar-refractivity contribution in [2.24, 2.45) is 10.7 Å². The first-order chi connectivity index (χ1) is 16.2. The Hall–Kier alpha value is -3.17. The highest BCUT2D eigenvalue weighted by molar-refractivity contribution is 6.35. The van der Waals surface area contributed by atoms with E-state index in [1.807, 2.05) is 13.8 Å². The Morgan fingerprint density at radius 2 is 2.15 bits per heavy atom. The molecule has 0 spiro atoms. The fourth-order valence-electron chi connectivity index (χ4n) is 4.56. The molecule has 2 aliphatic rings. The highest BCUT2D eigenvalue weighted by Crippen LogP contribution is 2.41. The second kappa shape index (κ2) is 9.60. The molecule has 10 heteroatoms. The van der Waals surface area contributed by atoms with E-state index in [1.165, 1.54) is 13.3 Å². The molecule has 0 radical (unpaired) electrons. The third-order valence-electron chi connectivity index (χ3n) is 6.23. The van der Waals surface area contributed by atoms with Crippen LogP contribution >= 0.6 is 11.6 Å². The molecule has 0 unspecified atom stereocenters. The van der Waals surface area contributed by atoms with E-state index in [9.17, 15) is 9.59 Å². The number of hydrogen-bond donors (Lipinski definition) is 2. The van der Waals surface area contributed by atoms with E-state index in [1.54, 1.807) is 35.2 Å². The number of ether oxygens (including phenoxy) is 2. The van der Waals surface area contributed by atoms with Crippen molar-refractivity contribution in [1.82, 2.24) is 9.88 Å². The minimum Gasteiger partial charge on any atom is -0.494 e. The lowest BCUT2D eigenvalue weighted by Gasteiger charge is -2.41. The molecule has 0 saturated carbocycles. The van der Waals surface area contributed by atoms with Gasteiger partial charge in [0.15, 0.2) is 11.7 Å². The van der Waals surface area contributed by atoms with Crippen LogP contribution in [0.3, 0.4) is 0 Å². The van der Waals surface area contributed by atoms with Crippen molar-refractivity contribution in [1.29, 1.82) is 0 Å². The van der Waals surface area contributed by atoms with Gasteiger partial charge in [0.1, 0.15) is 5.75 Å². The predicted molar refractivity (Wildman–Crippen MR) is 129 cm³/mol. The zero-order chi connectivity index (χ0) is 24.5. The minimum absolute atomic E-state index is 0.0426. The van der Waals surface area contributed by atoms with Crippen LogP contribution in [0.25, 0.3) is 0 Å². The van der Waals surface area contributed by atoms with Crippen LogP contribution in [0.4, 0.5) is 5.69 Å². The number of methoxy groups -OCH3 is 1. The Morgan fingerprint density at radius 3 is 2.85 bits per heavy atom. The number of nitrogens with two attached hydrogens (primary N) is 1. The largest absolute Gasteiger partial charge is 0.494 e. The number of nitrogens with zero attached hydrogens (tertiary/aromatic N) is 3. The van der Waals surface area contributed by atoms with Crippen molar-refractivity contribution in [3.8, 4) is 5.75 Å². The van der Waals surface area contributed by atoms with Gasteiger partial charge in [-0.3, -0.25) is 14.5 Å². The number of carbonyl (C=O) groups excluding carboxylic acids is 2. The number of carbonyl (C=O) groups is 2. The van der Waals surface area contributed by atoms with E-state index in [-0.39, 0.29) is 41.1 Å². The summed E-state index contributed by atoms with van der Waals surface area (Å²) in [6, 6.07) is 8.50. The van der Waals surface area contributed by atoms with Crippen LogP contribution in [0.15, 0.2) is 41.5 Å². The normalized spacial score (nSPS) is 25.0. The third-order valence-corrected chi connectivity index (χ3v) is 6.63. The first-order valence-corrected chi connectivity index (χ1v) is 11.5. The van der Waals surface area contributed by atoms with Crippen molar-refractivity contribution >= 4 is 35.1 Å². The summed E-state index contributed by atoms with van der Waals surface area (Å²) in [5.41, 5.74) is 6.44. The maximum atomic E-state index is 13.2. The summed E-state index contributed by atoms with van der Waals surface area (Å²) >= 11 is 6.72. The fourth-order valence-corrected chi connectivity index (χ4v) is 4.94. The molecule has 0 aliphatic carbocycles. The van der Waals surface area contributed by atoms with Crippen molar-refractivity contribution < 1.29 is 19.1 Å². The summed E-state index contributed by atoms with van der Waals surface area (Å²) < 4.78 is 10.8. The molecular formula is C24H28ClN5O4. The number of amides is 2. The average molecular weight is 486 g/mol. The number of aliphatic imine (C=N–C) groups is 1. The van der Waals surface area contributed by atoms with E-state index in [0.29, 0.717) is 36.4 Å². The number of rotatable bonds is 5. The van der Waals surface area contributed by atoms with Gasteiger partial charge in [-0.25, -0.2) is 9.98 Å². The number of guanidine groups is 1. The summed E-state index contributed by atoms with van der Waals surface area (Å²) in [5.74, 6) is -0.0689. The summed E-state index contributed by atoms with van der Waals surface area (Å²) in [5, 5.41) is 3.07. The van der Waals surface area contributed by atoms with Gasteiger partial charge in [0.2, 0.25) is 5.91 Å². The average Bonchev–Trinajstić information content (AvgIpc) is 2.79. The molecule has 2 aliphatic heterocycles. The van der Waals surface area contributed by atoms with Gasteiger partial charge in [-0.15, -0.1) is 0 Å². The SMILES string of the molecule is COc1cccnc1C(=O)Nc1cccc([C@]2(C)CC(=O)N([C@@H]3CCO[C@H](C)C3)C(N)=N2)c1Cl. The van der Waals surface area contributed by atoms with Gasteiger partial charge in [0.25, 0.3) is 5.91 Å². The molecule has 2 amide bonds. The van der Waals surface area contributed by atoms with E-state index >= 15 is 0 Å². The minimum atomic E-state index is -0.977. The van der Waals surface area contributed by atoms with Crippen LogP contribution in [0.5, 0.6) is 5.75 Å². The zero-order valence-corrected chi connectivity index (χ0v) is 20.1. The Morgan fingerprint density at radius 1 is 1.35 bits per heavy atom. The van der Waals surface area contributed by atoms with Gasteiger partial charge in [0, 0.05) is 24.4 Å². The molecule has 1 aromatic heterocycles. The highest BCUT2D eigenvalue weighted by atomic mass is 35.5. The standard InChI is InChI=1S/C24H28ClN5O4/c1-14-12-15(9-11-34-14)30-19(31)13-24(2,29-23(30)26)16-6-4-7-17(20(16)25)28-22(32)21-18(33-3)8-5-10-27-21/h4-8,10,14-15H,9,11-13H2,1-3H3,(H2,26,29)(H,28,32)/t14-,15-,24+/m1/s1. The van der Waals surface area contributed by atoms with Gasteiger partial charge in [-0.05, 0) is 44.9 Å². The molecule has 1 saturated heterocycles. The van der Waals surface area contributed by atoms with E-state index in [2.05, 4.69) is 10.3 Å². The van der Waals surface area contributed by atoms with Gasteiger partial charge in [-0.2, -0.15) is 0 Å². The lowest BCUT2D eigenvalue weighted by Crippen LogP contribution is -2.56. The second-order valence-corrected chi connectivity index (χ2v) is 9.10. The number of pyridine rings is 1. The van der Waals surface area contributed by atoms with Gasteiger partial charge < -0.3 is 20.5 Å². The van der Waals surface area contributed by atoms with E-state index in [0.717, 1.165) is 0 Å². The monoisotopic (exact) mass is 485 g/mol. The molecule has 34 heavy (non-hydrogen) atoms. The van der Waals surface area contributed by atoms with Crippen LogP contribution in [0.2, 0.25) is 5.02 Å². The molecule has 1 fully saturated rings. The molecular weight excluding hydrogens is 458 g/mol. The predicted octanol–water partition coefficient (Wildman–Crippen LogP) is 3.33. The number of anilines is 1. The molecule has 1 aromatic carbocycles. The fraction of sp³-hybridized carbons (Fsp3) is 0.417. The van der Waals surface area contributed by atoms with Gasteiger partial charge >= 0.3 is 0 Å². The number of nitrogens with one attached hydrogen (secondary N) is 1. The zero-order valence-electron chi connectivity index (χ0n) is 19.4. The number of benzene rings is 1. The Kier molecular flexibility index (Phi) is 6.77. The number of aromatic nitrogens is 1. The van der Waals surface area contributed by atoms with Crippen LogP contribution in [-0.4, -0.2) is 53.5 Å². The molecule has 9 nitrogen and oxygen atoms in total. The van der Waals surface area contributed by atoms with Gasteiger partial charge in [0.05, 0.1) is 35.9 Å². The number of hydrogen-bond acceptors (Lipinski definition) is 7. The van der Waals surface area contributed by atoms with Crippen molar-refractivity contribution in [3.63, 3.8) is 0 Å². The van der Waals surface area contributed by atoms with Crippen LogP contribution < -0.4 is 15.8 Å². The van der Waals surface area contributed by atoms with Crippen LogP contribution in [0.1, 0.15) is 49.2 Å². The van der Waals surface area contributed by atoms with Gasteiger partial charge in [-0.1, -0.05) is 23.7 Å². The smallest absolute Gasteiger partial charge is 0.278 e. The van der Waals surface area contributed by atoms with Crippen molar-refractivity contribution in [2.75, 3.05) is 19.0 Å².